The van der Waals surface area contributed by atoms with E-state index in [0.29, 0.717) is 31.0 Å². The third kappa shape index (κ3) is 6.14. The molecule has 1 amide bonds. The normalized spacial score (nSPS) is 15.1. The van der Waals surface area contributed by atoms with Crippen molar-refractivity contribution >= 4 is 17.8 Å². The Bertz CT molecular complexity index is 667. The van der Waals surface area contributed by atoms with Gasteiger partial charge in [-0.15, -0.1) is 0 Å². The lowest BCUT2D eigenvalue weighted by Gasteiger charge is -2.33. The summed E-state index contributed by atoms with van der Waals surface area (Å²) in [5, 5.41) is 6.14. The molecular formula is C20H30N4O4. The Morgan fingerprint density at radius 3 is 2.36 bits per heavy atom. The van der Waals surface area contributed by atoms with Crippen LogP contribution in [0.1, 0.15) is 30.1 Å². The molecule has 28 heavy (non-hydrogen) atoms. The van der Waals surface area contributed by atoms with Crippen molar-refractivity contribution in [2.24, 2.45) is 10.9 Å². The molecule has 1 heterocycles. The van der Waals surface area contributed by atoms with Gasteiger partial charge in [0.15, 0.2) is 5.96 Å². The highest BCUT2D eigenvalue weighted by molar-refractivity contribution is 5.94. The largest absolute Gasteiger partial charge is 0.497 e. The van der Waals surface area contributed by atoms with Gasteiger partial charge in [-0.25, -0.2) is 0 Å². The summed E-state index contributed by atoms with van der Waals surface area (Å²) >= 11 is 0. The van der Waals surface area contributed by atoms with E-state index in [-0.39, 0.29) is 17.8 Å². The molecule has 0 saturated carbocycles. The van der Waals surface area contributed by atoms with Crippen LogP contribution in [0.3, 0.4) is 0 Å². The van der Waals surface area contributed by atoms with Crippen LogP contribution in [0.2, 0.25) is 0 Å². The first-order valence-corrected chi connectivity index (χ1v) is 9.63. The van der Waals surface area contributed by atoms with Gasteiger partial charge in [-0.05, 0) is 44.0 Å². The fourth-order valence-corrected chi connectivity index (χ4v) is 3.11. The molecule has 1 fully saturated rings. The van der Waals surface area contributed by atoms with E-state index in [1.165, 1.54) is 0 Å². The van der Waals surface area contributed by atoms with Gasteiger partial charge in [-0.1, -0.05) is 0 Å². The smallest absolute Gasteiger partial charge is 0.309 e. The maximum atomic E-state index is 12.1. The monoisotopic (exact) mass is 390 g/mol. The van der Waals surface area contributed by atoms with E-state index in [0.717, 1.165) is 31.9 Å². The van der Waals surface area contributed by atoms with Crippen LogP contribution in [0.5, 0.6) is 5.75 Å². The Morgan fingerprint density at radius 1 is 1.14 bits per heavy atom. The summed E-state index contributed by atoms with van der Waals surface area (Å²) in [4.78, 5) is 30.4. The molecule has 0 radical (unpaired) electrons. The van der Waals surface area contributed by atoms with Crippen molar-refractivity contribution in [1.29, 1.82) is 0 Å². The first-order chi connectivity index (χ1) is 13.6. The first kappa shape index (κ1) is 21.5. The molecule has 0 aromatic heterocycles. The van der Waals surface area contributed by atoms with E-state index >= 15 is 0 Å². The third-order valence-electron chi connectivity index (χ3n) is 4.67. The van der Waals surface area contributed by atoms with Crippen LogP contribution in [0.25, 0.3) is 0 Å². The molecule has 1 aromatic rings. The summed E-state index contributed by atoms with van der Waals surface area (Å²) < 4.78 is 10.2. The molecule has 0 spiro atoms. The molecule has 1 aliphatic heterocycles. The number of hydrogen-bond donors (Lipinski definition) is 2. The SMILES string of the molecule is CCOC(=O)C1CCN(C(=NC)NCCNC(=O)c2ccc(OC)cc2)CC1. The van der Waals surface area contributed by atoms with Crippen LogP contribution in [0, 0.1) is 5.92 Å². The van der Waals surface area contributed by atoms with Crippen molar-refractivity contribution < 1.29 is 19.1 Å². The number of esters is 1. The number of nitrogens with zero attached hydrogens (tertiary/aromatic N) is 2. The van der Waals surface area contributed by atoms with Crippen molar-refractivity contribution in [2.45, 2.75) is 19.8 Å². The van der Waals surface area contributed by atoms with Crippen LogP contribution in [0.4, 0.5) is 0 Å². The van der Waals surface area contributed by atoms with Gasteiger partial charge in [-0.2, -0.15) is 0 Å². The van der Waals surface area contributed by atoms with Crippen molar-refractivity contribution in [2.75, 3.05) is 46.9 Å². The number of piperidine rings is 1. The molecule has 8 nitrogen and oxygen atoms in total. The third-order valence-corrected chi connectivity index (χ3v) is 4.67. The fraction of sp³-hybridized carbons (Fsp3) is 0.550. The van der Waals surface area contributed by atoms with E-state index in [4.69, 9.17) is 9.47 Å². The maximum absolute atomic E-state index is 12.1. The molecule has 0 bridgehead atoms. The standard InChI is InChI=1S/C20H30N4O4/c1-4-28-19(26)16-9-13-24(14-10-16)20(21-2)23-12-11-22-18(25)15-5-7-17(27-3)8-6-15/h5-8,16H,4,9-14H2,1-3H3,(H,21,23)(H,22,25). The van der Waals surface area contributed by atoms with Crippen molar-refractivity contribution in [3.05, 3.63) is 29.8 Å². The number of ether oxygens (including phenoxy) is 2. The number of hydrogen-bond acceptors (Lipinski definition) is 5. The van der Waals surface area contributed by atoms with E-state index in [1.807, 2.05) is 6.92 Å². The highest BCUT2D eigenvalue weighted by atomic mass is 16.5. The molecule has 2 N–H and O–H groups in total. The van der Waals surface area contributed by atoms with Gasteiger partial charge in [0.1, 0.15) is 5.75 Å². The molecule has 1 aliphatic rings. The van der Waals surface area contributed by atoms with Crippen LogP contribution in [-0.4, -0.2) is 69.7 Å². The number of amides is 1. The minimum Gasteiger partial charge on any atom is -0.497 e. The number of benzene rings is 1. The van der Waals surface area contributed by atoms with Gasteiger partial charge in [0.05, 0.1) is 19.6 Å². The average molecular weight is 390 g/mol. The first-order valence-electron chi connectivity index (χ1n) is 9.63. The number of aliphatic imine (C=N–C) groups is 1. The topological polar surface area (TPSA) is 92.3 Å². The molecule has 154 valence electrons. The van der Waals surface area contributed by atoms with Crippen molar-refractivity contribution in [3.8, 4) is 5.75 Å². The minimum absolute atomic E-state index is 0.0295. The van der Waals surface area contributed by atoms with E-state index in [1.54, 1.807) is 38.4 Å². The zero-order valence-corrected chi connectivity index (χ0v) is 16.9. The van der Waals surface area contributed by atoms with Gasteiger partial charge in [0.2, 0.25) is 0 Å². The summed E-state index contributed by atoms with van der Waals surface area (Å²) in [6.45, 7) is 4.79. The summed E-state index contributed by atoms with van der Waals surface area (Å²) in [6.07, 6.45) is 1.52. The van der Waals surface area contributed by atoms with E-state index in [9.17, 15) is 9.59 Å². The highest BCUT2D eigenvalue weighted by Crippen LogP contribution is 2.18. The molecule has 0 atom stereocenters. The fourth-order valence-electron chi connectivity index (χ4n) is 3.11. The Kier molecular flexibility index (Phi) is 8.58. The predicted octanol–water partition coefficient (Wildman–Crippen LogP) is 1.28. The Hall–Kier alpha value is -2.77. The molecule has 0 aliphatic carbocycles. The number of carbonyl (C=O) groups excluding carboxylic acids is 2. The van der Waals surface area contributed by atoms with Gasteiger partial charge >= 0.3 is 5.97 Å². The number of guanidine groups is 1. The molecule has 1 aromatic carbocycles. The minimum atomic E-state index is -0.130. The molecular weight excluding hydrogens is 360 g/mol. The van der Waals surface area contributed by atoms with Crippen LogP contribution < -0.4 is 15.4 Å². The lowest BCUT2D eigenvalue weighted by atomic mass is 9.97. The van der Waals surface area contributed by atoms with Gasteiger partial charge in [0, 0.05) is 38.8 Å². The Balaban J connectivity index is 1.71. The van der Waals surface area contributed by atoms with Crippen LogP contribution in [0.15, 0.2) is 29.3 Å². The number of likely N-dealkylation sites (tertiary alicyclic amines) is 1. The second-order valence-electron chi connectivity index (χ2n) is 6.47. The average Bonchev–Trinajstić information content (AvgIpc) is 2.74. The highest BCUT2D eigenvalue weighted by Gasteiger charge is 2.27. The molecule has 1 saturated heterocycles. The number of methoxy groups -OCH3 is 1. The van der Waals surface area contributed by atoms with Gasteiger partial charge in [0.25, 0.3) is 5.91 Å². The van der Waals surface area contributed by atoms with E-state index in [2.05, 4.69) is 20.5 Å². The predicted molar refractivity (Wildman–Crippen MR) is 108 cm³/mol. The zero-order chi connectivity index (χ0) is 20.4. The van der Waals surface area contributed by atoms with Crippen LogP contribution in [-0.2, 0) is 9.53 Å². The lowest BCUT2D eigenvalue weighted by Crippen LogP contribution is -2.48. The quantitative estimate of drug-likeness (QED) is 0.315. The van der Waals surface area contributed by atoms with Crippen molar-refractivity contribution in [3.63, 3.8) is 0 Å². The van der Waals surface area contributed by atoms with Gasteiger partial charge < -0.3 is 25.0 Å². The Labute approximate surface area is 166 Å². The summed E-state index contributed by atoms with van der Waals surface area (Å²) in [5.41, 5.74) is 0.589. The maximum Gasteiger partial charge on any atom is 0.309 e. The zero-order valence-electron chi connectivity index (χ0n) is 16.9. The number of nitrogens with one attached hydrogen (secondary N) is 2. The van der Waals surface area contributed by atoms with Crippen LogP contribution >= 0.6 is 0 Å². The summed E-state index contributed by atoms with van der Waals surface area (Å²) in [7, 11) is 3.32. The number of rotatable bonds is 7. The number of carbonyl (C=O) groups is 2. The van der Waals surface area contributed by atoms with Gasteiger partial charge in [-0.3, -0.25) is 14.6 Å². The van der Waals surface area contributed by atoms with Crippen molar-refractivity contribution in [1.82, 2.24) is 15.5 Å². The molecule has 8 heteroatoms. The second kappa shape index (κ2) is 11.2. The second-order valence-corrected chi connectivity index (χ2v) is 6.47. The summed E-state index contributed by atoms with van der Waals surface area (Å²) in [6, 6.07) is 6.98. The summed E-state index contributed by atoms with van der Waals surface area (Å²) in [5.74, 6) is 1.23. The molecule has 2 rings (SSSR count). The van der Waals surface area contributed by atoms with E-state index < -0.39 is 0 Å². The molecule has 0 unspecified atom stereocenters. The Morgan fingerprint density at radius 2 is 1.79 bits per heavy atom. The lowest BCUT2D eigenvalue weighted by molar-refractivity contribution is -0.149.